The van der Waals surface area contributed by atoms with E-state index in [9.17, 15) is 14.7 Å². The summed E-state index contributed by atoms with van der Waals surface area (Å²) in [4.78, 5) is 26.7. The zero-order valence-corrected chi connectivity index (χ0v) is 10.9. The third-order valence-corrected chi connectivity index (χ3v) is 4.81. The van der Waals surface area contributed by atoms with Crippen LogP contribution in [0.1, 0.15) is 25.7 Å². The number of carboxylic acid groups (broad SMARTS) is 1. The van der Waals surface area contributed by atoms with Gasteiger partial charge in [0.05, 0.1) is 6.10 Å². The van der Waals surface area contributed by atoms with E-state index in [0.717, 1.165) is 13.1 Å². The van der Waals surface area contributed by atoms with Crippen LogP contribution in [0.15, 0.2) is 0 Å². The van der Waals surface area contributed by atoms with E-state index in [0.29, 0.717) is 11.8 Å². The lowest BCUT2D eigenvalue weighted by Crippen LogP contribution is -2.47. The number of likely N-dealkylation sites (tertiary alicyclic amines) is 2. The number of aliphatic hydroxyl groups excluding tert-OH is 1. The molecule has 4 atom stereocenters. The van der Waals surface area contributed by atoms with Crippen LogP contribution >= 0.6 is 0 Å². The molecule has 19 heavy (non-hydrogen) atoms. The van der Waals surface area contributed by atoms with E-state index in [2.05, 4.69) is 0 Å². The van der Waals surface area contributed by atoms with Crippen LogP contribution < -0.4 is 0 Å². The molecule has 6 nitrogen and oxygen atoms in total. The number of carbonyl (C=O) groups is 2. The second-order valence-corrected chi connectivity index (χ2v) is 6.03. The van der Waals surface area contributed by atoms with Crippen molar-refractivity contribution in [2.75, 3.05) is 19.6 Å². The van der Waals surface area contributed by atoms with Gasteiger partial charge in [0.2, 0.25) is 0 Å². The van der Waals surface area contributed by atoms with E-state index in [1.807, 2.05) is 0 Å². The number of β-amino-alcohol motifs (C(OH)–C–C–N with tert-alkyl or cyclic N) is 1. The molecule has 0 spiro atoms. The fourth-order valence-electron chi connectivity index (χ4n) is 3.83. The van der Waals surface area contributed by atoms with Crippen LogP contribution in [0.2, 0.25) is 0 Å². The highest BCUT2D eigenvalue weighted by Gasteiger charge is 2.44. The first-order valence-corrected chi connectivity index (χ1v) is 7.02. The zero-order valence-electron chi connectivity index (χ0n) is 10.9. The van der Waals surface area contributed by atoms with Crippen LogP contribution in [0.3, 0.4) is 0 Å². The van der Waals surface area contributed by atoms with Crippen LogP contribution in [-0.4, -0.2) is 63.8 Å². The van der Waals surface area contributed by atoms with Crippen molar-refractivity contribution < 1.29 is 19.8 Å². The molecule has 0 aromatic heterocycles. The van der Waals surface area contributed by atoms with E-state index < -0.39 is 18.1 Å². The SMILES string of the molecule is O=C(O)[C@@H]1C[C@@H](O)CN1C(=O)N1CC2CCCC2C1. The van der Waals surface area contributed by atoms with Crippen molar-refractivity contribution >= 4 is 12.0 Å². The second kappa shape index (κ2) is 4.67. The summed E-state index contributed by atoms with van der Waals surface area (Å²) >= 11 is 0. The van der Waals surface area contributed by atoms with Gasteiger partial charge in [-0.3, -0.25) is 0 Å². The van der Waals surface area contributed by atoms with Crippen molar-refractivity contribution in [3.05, 3.63) is 0 Å². The molecule has 0 bridgehead atoms. The molecule has 6 heteroatoms. The Labute approximate surface area is 112 Å². The fourth-order valence-corrected chi connectivity index (χ4v) is 3.83. The van der Waals surface area contributed by atoms with Gasteiger partial charge in [-0.25, -0.2) is 9.59 Å². The summed E-state index contributed by atoms with van der Waals surface area (Å²) in [7, 11) is 0. The number of nitrogens with zero attached hydrogens (tertiary/aromatic N) is 2. The normalized spacial score (nSPS) is 37.7. The average Bonchev–Trinajstić information content (AvgIpc) is 2.99. The highest BCUT2D eigenvalue weighted by atomic mass is 16.4. The first kappa shape index (κ1) is 12.7. The van der Waals surface area contributed by atoms with Crippen LogP contribution in [0, 0.1) is 11.8 Å². The minimum absolute atomic E-state index is 0.141. The topological polar surface area (TPSA) is 81.1 Å². The van der Waals surface area contributed by atoms with E-state index in [-0.39, 0.29) is 19.0 Å². The summed E-state index contributed by atoms with van der Waals surface area (Å²) in [5.74, 6) is 0.170. The van der Waals surface area contributed by atoms with Gasteiger partial charge in [0.25, 0.3) is 0 Å². The molecule has 1 saturated carbocycles. The van der Waals surface area contributed by atoms with Gasteiger partial charge >= 0.3 is 12.0 Å². The van der Waals surface area contributed by atoms with Crippen molar-refractivity contribution in [3.63, 3.8) is 0 Å². The molecule has 1 aliphatic carbocycles. The van der Waals surface area contributed by atoms with Gasteiger partial charge in [-0.15, -0.1) is 0 Å². The Morgan fingerprint density at radius 1 is 1.05 bits per heavy atom. The molecule has 2 heterocycles. The predicted octanol–water partition coefficient (Wildman–Crippen LogP) is 0.358. The Morgan fingerprint density at radius 3 is 2.26 bits per heavy atom. The molecule has 2 amide bonds. The number of aliphatic carboxylic acids is 1. The predicted molar refractivity (Wildman–Crippen MR) is 66.6 cm³/mol. The van der Waals surface area contributed by atoms with Gasteiger partial charge in [-0.05, 0) is 24.7 Å². The standard InChI is InChI=1S/C13H20N2O4/c16-10-4-11(12(17)18)15(7-10)13(19)14-5-8-2-1-3-9(8)6-14/h8-11,16H,1-7H2,(H,17,18)/t8?,9?,10-,11+/m1/s1. The third-order valence-electron chi connectivity index (χ3n) is 4.81. The molecule has 3 rings (SSSR count). The largest absolute Gasteiger partial charge is 0.480 e. The Balaban J connectivity index is 1.68. The number of rotatable bonds is 1. The molecule has 3 aliphatic rings. The van der Waals surface area contributed by atoms with Crippen molar-refractivity contribution in [3.8, 4) is 0 Å². The summed E-state index contributed by atoms with van der Waals surface area (Å²) in [6.07, 6.45) is 3.03. The fraction of sp³-hybridized carbons (Fsp3) is 0.846. The molecule has 0 aromatic carbocycles. The molecule has 2 N–H and O–H groups in total. The summed E-state index contributed by atoms with van der Waals surface area (Å²) in [6, 6.07) is -1.08. The van der Waals surface area contributed by atoms with Crippen molar-refractivity contribution in [2.24, 2.45) is 11.8 Å². The third kappa shape index (κ3) is 2.18. The first-order valence-electron chi connectivity index (χ1n) is 7.02. The molecule has 2 unspecified atom stereocenters. The van der Waals surface area contributed by atoms with E-state index in [1.165, 1.54) is 24.2 Å². The van der Waals surface area contributed by atoms with Crippen LogP contribution in [0.5, 0.6) is 0 Å². The Kier molecular flexibility index (Phi) is 3.12. The van der Waals surface area contributed by atoms with Gasteiger partial charge < -0.3 is 20.0 Å². The average molecular weight is 268 g/mol. The Morgan fingerprint density at radius 2 is 1.68 bits per heavy atom. The zero-order chi connectivity index (χ0) is 13.6. The van der Waals surface area contributed by atoms with E-state index >= 15 is 0 Å². The highest BCUT2D eigenvalue weighted by molar-refractivity contribution is 5.83. The molecule has 106 valence electrons. The Bertz CT molecular complexity index is 388. The summed E-state index contributed by atoms with van der Waals surface area (Å²) in [5, 5.41) is 18.7. The van der Waals surface area contributed by atoms with Crippen LogP contribution in [0.4, 0.5) is 4.79 Å². The highest BCUT2D eigenvalue weighted by Crippen LogP contribution is 2.38. The lowest BCUT2D eigenvalue weighted by molar-refractivity contribution is -0.141. The molecule has 3 fully saturated rings. The number of fused-ring (bicyclic) bond motifs is 1. The monoisotopic (exact) mass is 268 g/mol. The number of aliphatic hydroxyl groups is 1. The number of urea groups is 1. The molecule has 2 aliphatic heterocycles. The summed E-state index contributed by atoms with van der Waals surface area (Å²) in [6.45, 7) is 1.65. The minimum Gasteiger partial charge on any atom is -0.480 e. The maximum Gasteiger partial charge on any atom is 0.326 e. The van der Waals surface area contributed by atoms with Gasteiger partial charge in [-0.1, -0.05) is 6.42 Å². The van der Waals surface area contributed by atoms with Gasteiger partial charge in [0.1, 0.15) is 6.04 Å². The maximum absolute atomic E-state index is 12.4. The molecular formula is C13H20N2O4. The maximum atomic E-state index is 12.4. The van der Waals surface area contributed by atoms with Crippen molar-refractivity contribution in [2.45, 2.75) is 37.8 Å². The van der Waals surface area contributed by atoms with Crippen molar-refractivity contribution in [1.82, 2.24) is 9.80 Å². The molecule has 0 aromatic rings. The van der Waals surface area contributed by atoms with E-state index in [1.54, 1.807) is 4.90 Å². The molecular weight excluding hydrogens is 248 g/mol. The summed E-state index contributed by atoms with van der Waals surface area (Å²) in [5.41, 5.74) is 0. The molecule has 0 radical (unpaired) electrons. The number of amides is 2. The first-order chi connectivity index (χ1) is 9.06. The lowest BCUT2D eigenvalue weighted by atomic mass is 10.0. The Hall–Kier alpha value is -1.30. The second-order valence-electron chi connectivity index (χ2n) is 6.03. The molecule has 2 saturated heterocycles. The summed E-state index contributed by atoms with van der Waals surface area (Å²) < 4.78 is 0. The van der Waals surface area contributed by atoms with Crippen LogP contribution in [-0.2, 0) is 4.79 Å². The van der Waals surface area contributed by atoms with Gasteiger partial charge in [0.15, 0.2) is 0 Å². The number of hydrogen-bond acceptors (Lipinski definition) is 3. The van der Waals surface area contributed by atoms with Crippen molar-refractivity contribution in [1.29, 1.82) is 0 Å². The smallest absolute Gasteiger partial charge is 0.326 e. The minimum atomic E-state index is -1.02. The number of hydrogen-bond donors (Lipinski definition) is 2. The lowest BCUT2D eigenvalue weighted by Gasteiger charge is -2.27. The van der Waals surface area contributed by atoms with E-state index in [4.69, 9.17) is 5.11 Å². The van der Waals surface area contributed by atoms with Gasteiger partial charge in [0, 0.05) is 26.1 Å². The number of carbonyl (C=O) groups excluding carboxylic acids is 1. The number of carboxylic acids is 1. The quantitative estimate of drug-likeness (QED) is 0.719. The van der Waals surface area contributed by atoms with Gasteiger partial charge in [-0.2, -0.15) is 0 Å². The van der Waals surface area contributed by atoms with Crippen LogP contribution in [0.25, 0.3) is 0 Å².